The first-order valence-electron chi connectivity index (χ1n) is 6.37. The fourth-order valence-electron chi connectivity index (χ4n) is 1.90. The summed E-state index contributed by atoms with van der Waals surface area (Å²) in [6.45, 7) is 2.85. The molecule has 0 radical (unpaired) electrons. The third-order valence-corrected chi connectivity index (χ3v) is 3.52. The minimum absolute atomic E-state index is 0.000307. The van der Waals surface area contributed by atoms with Crippen LogP contribution in [0.4, 0.5) is 11.4 Å². The Morgan fingerprint density at radius 2 is 2.25 bits per heavy atom. The summed E-state index contributed by atoms with van der Waals surface area (Å²) in [7, 11) is 0. The number of rotatable bonds is 7. The molecule has 0 amide bonds. The van der Waals surface area contributed by atoms with Gasteiger partial charge in [-0.2, -0.15) is 11.3 Å². The Labute approximate surface area is 121 Å². The van der Waals surface area contributed by atoms with Gasteiger partial charge in [0.15, 0.2) is 5.75 Å². The molecule has 0 saturated heterocycles. The number of ether oxygens (including phenoxy) is 1. The third-order valence-electron chi connectivity index (χ3n) is 2.79. The summed E-state index contributed by atoms with van der Waals surface area (Å²) >= 11 is 1.65. The minimum Gasteiger partial charge on any atom is -0.487 e. The lowest BCUT2D eigenvalue weighted by molar-refractivity contribution is -0.384. The molecule has 0 atom stereocenters. The van der Waals surface area contributed by atoms with Crippen LogP contribution in [0.2, 0.25) is 0 Å². The number of thiophene rings is 1. The Hall–Kier alpha value is -2.08. The van der Waals surface area contributed by atoms with E-state index in [9.17, 15) is 10.1 Å². The molecule has 1 aromatic carbocycles. The quantitative estimate of drug-likeness (QED) is 0.624. The molecular formula is C14H16N2O3S. The Bertz CT molecular complexity index is 570. The van der Waals surface area contributed by atoms with Gasteiger partial charge in [0.25, 0.3) is 0 Å². The zero-order chi connectivity index (χ0) is 14.4. The number of para-hydroxylation sites is 1. The number of anilines is 1. The van der Waals surface area contributed by atoms with E-state index in [4.69, 9.17) is 4.74 Å². The molecule has 20 heavy (non-hydrogen) atoms. The van der Waals surface area contributed by atoms with Crippen LogP contribution in [0.25, 0.3) is 0 Å². The van der Waals surface area contributed by atoms with Crippen LogP contribution in [0.1, 0.15) is 12.5 Å². The maximum Gasteiger partial charge on any atom is 0.333 e. The van der Waals surface area contributed by atoms with Crippen molar-refractivity contribution >= 4 is 22.7 Å². The van der Waals surface area contributed by atoms with E-state index in [1.807, 2.05) is 5.38 Å². The maximum atomic E-state index is 11.2. The summed E-state index contributed by atoms with van der Waals surface area (Å²) in [6, 6.07) is 7.13. The molecule has 5 nitrogen and oxygen atoms in total. The van der Waals surface area contributed by atoms with E-state index in [0.717, 1.165) is 6.42 Å². The van der Waals surface area contributed by atoms with Crippen LogP contribution in [0.15, 0.2) is 35.0 Å². The van der Waals surface area contributed by atoms with E-state index in [1.165, 1.54) is 5.56 Å². The summed E-state index contributed by atoms with van der Waals surface area (Å²) in [5.74, 6) is 0.304. The second-order valence-corrected chi connectivity index (χ2v) is 4.93. The summed E-state index contributed by atoms with van der Waals surface area (Å²) in [5.41, 5.74) is 1.72. The number of nitro groups is 1. The van der Waals surface area contributed by atoms with Gasteiger partial charge >= 0.3 is 5.69 Å². The Morgan fingerprint density at radius 1 is 1.40 bits per heavy atom. The molecule has 0 fully saturated rings. The van der Waals surface area contributed by atoms with Gasteiger partial charge in [0.2, 0.25) is 0 Å². The zero-order valence-corrected chi connectivity index (χ0v) is 12.0. The van der Waals surface area contributed by atoms with Crippen molar-refractivity contribution in [1.82, 2.24) is 0 Å². The van der Waals surface area contributed by atoms with Gasteiger partial charge < -0.3 is 10.1 Å². The van der Waals surface area contributed by atoms with Gasteiger partial charge in [-0.25, -0.2) is 0 Å². The molecule has 0 aliphatic carbocycles. The number of nitrogens with one attached hydrogen (secondary N) is 1. The molecule has 2 aromatic rings. The van der Waals surface area contributed by atoms with Crippen molar-refractivity contribution in [1.29, 1.82) is 0 Å². The SMILES string of the molecule is CCOc1cccc(NCCc2ccsc2)c1[N+](=O)[O-]. The Kier molecular flexibility index (Phi) is 4.95. The molecule has 1 N–H and O–H groups in total. The number of hydrogen-bond donors (Lipinski definition) is 1. The van der Waals surface area contributed by atoms with Gasteiger partial charge in [-0.15, -0.1) is 0 Å². The van der Waals surface area contributed by atoms with Crippen LogP contribution in [-0.4, -0.2) is 18.1 Å². The van der Waals surface area contributed by atoms with Crippen LogP contribution >= 0.6 is 11.3 Å². The van der Waals surface area contributed by atoms with Crippen molar-refractivity contribution in [3.05, 3.63) is 50.7 Å². The highest BCUT2D eigenvalue weighted by Crippen LogP contribution is 2.34. The van der Waals surface area contributed by atoms with Crippen molar-refractivity contribution in [3.63, 3.8) is 0 Å². The van der Waals surface area contributed by atoms with Gasteiger partial charge in [-0.05, 0) is 47.9 Å². The lowest BCUT2D eigenvalue weighted by Gasteiger charge is -2.10. The molecule has 0 spiro atoms. The first-order valence-corrected chi connectivity index (χ1v) is 7.31. The molecule has 0 bridgehead atoms. The first kappa shape index (κ1) is 14.3. The summed E-state index contributed by atoms with van der Waals surface area (Å²) < 4.78 is 5.31. The summed E-state index contributed by atoms with van der Waals surface area (Å²) in [4.78, 5) is 10.8. The normalized spacial score (nSPS) is 10.2. The molecule has 0 aliphatic rings. The predicted octanol–water partition coefficient (Wildman–Crippen LogP) is 3.71. The summed E-state index contributed by atoms with van der Waals surface area (Å²) in [5, 5.41) is 18.4. The molecule has 2 rings (SSSR count). The van der Waals surface area contributed by atoms with Crippen LogP contribution in [0.3, 0.4) is 0 Å². The fraction of sp³-hybridized carbons (Fsp3) is 0.286. The fourth-order valence-corrected chi connectivity index (χ4v) is 2.60. The number of benzene rings is 1. The Balaban J connectivity index is 2.09. The Morgan fingerprint density at radius 3 is 2.90 bits per heavy atom. The summed E-state index contributed by atoms with van der Waals surface area (Å²) in [6.07, 6.45) is 0.833. The average molecular weight is 292 g/mol. The second kappa shape index (κ2) is 6.91. The van der Waals surface area contributed by atoms with E-state index < -0.39 is 4.92 Å². The molecular weight excluding hydrogens is 276 g/mol. The van der Waals surface area contributed by atoms with Crippen LogP contribution < -0.4 is 10.1 Å². The number of nitrogens with zero attached hydrogens (tertiary/aromatic N) is 1. The van der Waals surface area contributed by atoms with Crippen molar-refractivity contribution in [2.75, 3.05) is 18.5 Å². The van der Waals surface area contributed by atoms with Crippen molar-refractivity contribution in [3.8, 4) is 5.75 Å². The van der Waals surface area contributed by atoms with Gasteiger partial charge in [0, 0.05) is 6.54 Å². The second-order valence-electron chi connectivity index (χ2n) is 4.15. The highest BCUT2D eigenvalue weighted by atomic mass is 32.1. The highest BCUT2D eigenvalue weighted by Gasteiger charge is 2.20. The van der Waals surface area contributed by atoms with E-state index >= 15 is 0 Å². The standard InChI is InChI=1S/C14H16N2O3S/c1-2-19-13-5-3-4-12(14(13)16(17)18)15-8-6-11-7-9-20-10-11/h3-5,7,9-10,15H,2,6,8H2,1H3. The van der Waals surface area contributed by atoms with Crippen LogP contribution in [-0.2, 0) is 6.42 Å². The van der Waals surface area contributed by atoms with Crippen molar-refractivity contribution < 1.29 is 9.66 Å². The lowest BCUT2D eigenvalue weighted by atomic mass is 10.2. The first-order chi connectivity index (χ1) is 9.72. The maximum absolute atomic E-state index is 11.2. The molecule has 0 aliphatic heterocycles. The monoisotopic (exact) mass is 292 g/mol. The molecule has 1 aromatic heterocycles. The van der Waals surface area contributed by atoms with Gasteiger partial charge in [0.1, 0.15) is 5.69 Å². The molecule has 0 saturated carbocycles. The van der Waals surface area contributed by atoms with E-state index in [-0.39, 0.29) is 5.69 Å². The van der Waals surface area contributed by atoms with Gasteiger partial charge in [0.05, 0.1) is 11.5 Å². The zero-order valence-electron chi connectivity index (χ0n) is 11.2. The van der Waals surface area contributed by atoms with E-state index in [0.29, 0.717) is 24.6 Å². The molecule has 106 valence electrons. The smallest absolute Gasteiger partial charge is 0.333 e. The minimum atomic E-state index is -0.405. The highest BCUT2D eigenvalue weighted by molar-refractivity contribution is 7.07. The average Bonchev–Trinajstić information content (AvgIpc) is 2.92. The van der Waals surface area contributed by atoms with Gasteiger partial charge in [-0.3, -0.25) is 10.1 Å². The number of nitro benzene ring substituents is 1. The van der Waals surface area contributed by atoms with Crippen LogP contribution in [0.5, 0.6) is 5.75 Å². The van der Waals surface area contributed by atoms with Gasteiger partial charge in [-0.1, -0.05) is 6.07 Å². The topological polar surface area (TPSA) is 64.4 Å². The lowest BCUT2D eigenvalue weighted by Crippen LogP contribution is -2.07. The molecule has 0 unspecified atom stereocenters. The molecule has 6 heteroatoms. The van der Waals surface area contributed by atoms with E-state index in [2.05, 4.69) is 16.8 Å². The van der Waals surface area contributed by atoms with Crippen molar-refractivity contribution in [2.45, 2.75) is 13.3 Å². The van der Waals surface area contributed by atoms with Crippen LogP contribution in [0, 0.1) is 10.1 Å². The predicted molar refractivity (Wildman–Crippen MR) is 80.8 cm³/mol. The largest absolute Gasteiger partial charge is 0.487 e. The third kappa shape index (κ3) is 3.48. The van der Waals surface area contributed by atoms with Crippen molar-refractivity contribution in [2.24, 2.45) is 0 Å². The number of hydrogen-bond acceptors (Lipinski definition) is 5. The molecule has 1 heterocycles. The van der Waals surface area contributed by atoms with E-state index in [1.54, 1.807) is 36.5 Å².